The number of sulfonamides is 1. The topological polar surface area (TPSA) is 94.1 Å². The van der Waals surface area contributed by atoms with Gasteiger partial charge in [-0.1, -0.05) is 43.8 Å². The van der Waals surface area contributed by atoms with Gasteiger partial charge in [-0.15, -0.1) is 10.2 Å². The molecule has 34 heavy (non-hydrogen) atoms. The molecule has 0 atom stereocenters. The summed E-state index contributed by atoms with van der Waals surface area (Å²) in [6.45, 7) is 4.27. The maximum Gasteiger partial charge on any atom is 0.275 e. The van der Waals surface area contributed by atoms with Crippen molar-refractivity contribution in [2.45, 2.75) is 42.7 Å². The number of aryl methyl sites for hydroxylation is 2. The molecule has 0 fully saturated rings. The van der Waals surface area contributed by atoms with Crippen LogP contribution in [0.3, 0.4) is 0 Å². The van der Waals surface area contributed by atoms with Crippen LogP contribution in [0.15, 0.2) is 69.5 Å². The van der Waals surface area contributed by atoms with Crippen molar-refractivity contribution in [2.75, 3.05) is 14.1 Å². The number of pyridine rings is 1. The quantitative estimate of drug-likeness (QED) is 0.312. The van der Waals surface area contributed by atoms with Gasteiger partial charge in [0.05, 0.1) is 11.4 Å². The lowest BCUT2D eigenvalue weighted by Crippen LogP contribution is -2.21. The van der Waals surface area contributed by atoms with Crippen molar-refractivity contribution in [1.29, 1.82) is 0 Å². The van der Waals surface area contributed by atoms with E-state index in [9.17, 15) is 8.42 Å². The van der Waals surface area contributed by atoms with Crippen LogP contribution in [-0.2, 0) is 28.6 Å². The van der Waals surface area contributed by atoms with Crippen molar-refractivity contribution in [3.8, 4) is 17.1 Å². The first-order chi connectivity index (χ1) is 16.4. The average Bonchev–Trinajstić information content (AvgIpc) is 3.50. The van der Waals surface area contributed by atoms with E-state index < -0.39 is 10.0 Å². The van der Waals surface area contributed by atoms with Gasteiger partial charge in [-0.3, -0.25) is 9.55 Å². The Morgan fingerprint density at radius 2 is 1.74 bits per heavy atom. The van der Waals surface area contributed by atoms with Gasteiger partial charge in [0.15, 0.2) is 11.0 Å². The van der Waals surface area contributed by atoms with Gasteiger partial charge in [0, 0.05) is 32.1 Å². The van der Waals surface area contributed by atoms with Crippen LogP contribution in [0, 0.1) is 0 Å². The van der Waals surface area contributed by atoms with Crippen molar-refractivity contribution >= 4 is 21.8 Å². The third-order valence-corrected chi connectivity index (χ3v) is 8.10. The van der Waals surface area contributed by atoms with Crippen LogP contribution in [0.5, 0.6) is 0 Å². The molecule has 178 valence electrons. The van der Waals surface area contributed by atoms with Gasteiger partial charge in [-0.25, -0.2) is 12.7 Å². The van der Waals surface area contributed by atoms with Crippen LogP contribution in [0.1, 0.15) is 30.7 Å². The molecule has 0 saturated carbocycles. The normalized spacial score (nSPS) is 11.9. The lowest BCUT2D eigenvalue weighted by atomic mass is 10.0. The summed E-state index contributed by atoms with van der Waals surface area (Å²) < 4.78 is 33.6. The minimum absolute atomic E-state index is 0.0739. The Morgan fingerprint density at radius 3 is 2.35 bits per heavy atom. The number of benzene rings is 1. The maximum atomic E-state index is 12.4. The molecule has 3 heterocycles. The first-order valence-electron chi connectivity index (χ1n) is 11.0. The first-order valence-corrected chi connectivity index (χ1v) is 13.4. The Labute approximate surface area is 204 Å². The van der Waals surface area contributed by atoms with Gasteiger partial charge in [0.25, 0.3) is 10.0 Å². The zero-order valence-corrected chi connectivity index (χ0v) is 21.2. The van der Waals surface area contributed by atoms with Crippen LogP contribution in [0.25, 0.3) is 17.1 Å². The van der Waals surface area contributed by atoms with E-state index >= 15 is 0 Å². The number of nitrogens with zero attached hydrogens (tertiary/aromatic N) is 5. The zero-order chi connectivity index (χ0) is 24.3. The zero-order valence-electron chi connectivity index (χ0n) is 19.6. The van der Waals surface area contributed by atoms with Gasteiger partial charge in [0.1, 0.15) is 5.76 Å². The molecule has 4 aromatic rings. The standard InChI is InChI=1S/C24H27N5O3S2/c1-5-17-9-7-10-18(6-2)22(17)29-23(19-11-8-14-25-15-19)26-27-24(29)33-16-20-12-13-21(32-20)34(30,31)28(3)4/h7-15H,5-6,16H2,1-4H3. The Bertz CT molecular complexity index is 1360. The highest BCUT2D eigenvalue weighted by atomic mass is 32.2. The predicted octanol–water partition coefficient (Wildman–Crippen LogP) is 4.59. The van der Waals surface area contributed by atoms with Crippen molar-refractivity contribution in [3.05, 3.63) is 71.7 Å². The van der Waals surface area contributed by atoms with Crippen LogP contribution in [0.4, 0.5) is 0 Å². The van der Waals surface area contributed by atoms with Crippen molar-refractivity contribution in [2.24, 2.45) is 0 Å². The molecule has 0 saturated heterocycles. The summed E-state index contributed by atoms with van der Waals surface area (Å²) >= 11 is 1.45. The number of aromatic nitrogens is 4. The van der Waals surface area contributed by atoms with E-state index in [1.807, 2.05) is 12.1 Å². The largest absolute Gasteiger partial charge is 0.447 e. The predicted molar refractivity (Wildman–Crippen MR) is 132 cm³/mol. The summed E-state index contributed by atoms with van der Waals surface area (Å²) in [6, 6.07) is 13.3. The molecule has 1 aromatic carbocycles. The smallest absolute Gasteiger partial charge is 0.275 e. The molecule has 0 N–H and O–H groups in total. The fourth-order valence-electron chi connectivity index (χ4n) is 3.64. The fourth-order valence-corrected chi connectivity index (χ4v) is 5.28. The number of thioether (sulfide) groups is 1. The summed E-state index contributed by atoms with van der Waals surface area (Å²) in [7, 11) is -0.668. The number of para-hydroxylation sites is 1. The van der Waals surface area contributed by atoms with E-state index in [0.29, 0.717) is 22.5 Å². The second-order valence-corrected chi connectivity index (χ2v) is 10.8. The fraction of sp³-hybridized carbons (Fsp3) is 0.292. The van der Waals surface area contributed by atoms with E-state index in [-0.39, 0.29) is 5.09 Å². The molecule has 10 heteroatoms. The van der Waals surface area contributed by atoms with Crippen molar-refractivity contribution < 1.29 is 12.8 Å². The summed E-state index contributed by atoms with van der Waals surface area (Å²) in [5, 5.41) is 9.63. The van der Waals surface area contributed by atoms with Crippen LogP contribution in [0.2, 0.25) is 0 Å². The number of furan rings is 1. The van der Waals surface area contributed by atoms with E-state index in [2.05, 4.69) is 51.8 Å². The molecule has 0 amide bonds. The third-order valence-electron chi connectivity index (χ3n) is 5.46. The summed E-state index contributed by atoms with van der Waals surface area (Å²) in [6.07, 6.45) is 5.23. The maximum absolute atomic E-state index is 12.4. The minimum Gasteiger partial charge on any atom is -0.447 e. The van der Waals surface area contributed by atoms with Gasteiger partial charge < -0.3 is 4.42 Å². The van der Waals surface area contributed by atoms with Crippen molar-refractivity contribution in [1.82, 2.24) is 24.1 Å². The van der Waals surface area contributed by atoms with E-state index in [4.69, 9.17) is 4.42 Å². The van der Waals surface area contributed by atoms with Crippen molar-refractivity contribution in [3.63, 3.8) is 0 Å². The molecule has 0 aliphatic carbocycles. The van der Waals surface area contributed by atoms with Gasteiger partial charge in [-0.05, 0) is 48.2 Å². The monoisotopic (exact) mass is 497 g/mol. The van der Waals surface area contributed by atoms with Crippen LogP contribution >= 0.6 is 11.8 Å². The molecule has 4 rings (SSSR count). The number of hydrogen-bond donors (Lipinski definition) is 0. The lowest BCUT2D eigenvalue weighted by molar-refractivity contribution is 0.408. The van der Waals surface area contributed by atoms with Crippen LogP contribution < -0.4 is 0 Å². The summed E-state index contributed by atoms with van der Waals surface area (Å²) in [4.78, 5) is 4.26. The minimum atomic E-state index is -3.62. The Kier molecular flexibility index (Phi) is 7.20. The number of rotatable bonds is 9. The summed E-state index contributed by atoms with van der Waals surface area (Å²) in [5.74, 6) is 1.66. The van der Waals surface area contributed by atoms with Crippen LogP contribution in [-0.4, -0.2) is 46.6 Å². The highest BCUT2D eigenvalue weighted by Crippen LogP contribution is 2.33. The van der Waals surface area contributed by atoms with Gasteiger partial charge >= 0.3 is 0 Å². The molecule has 0 bridgehead atoms. The molecule has 0 aliphatic rings. The van der Waals surface area contributed by atoms with Gasteiger partial charge in [0.2, 0.25) is 5.09 Å². The second kappa shape index (κ2) is 10.1. The molecule has 3 aromatic heterocycles. The third kappa shape index (κ3) is 4.66. The molecule has 0 aliphatic heterocycles. The van der Waals surface area contributed by atoms with E-state index in [0.717, 1.165) is 28.4 Å². The first kappa shape index (κ1) is 24.2. The average molecular weight is 498 g/mol. The Balaban J connectivity index is 1.76. The highest BCUT2D eigenvalue weighted by Gasteiger charge is 2.23. The van der Waals surface area contributed by atoms with Gasteiger partial charge in [-0.2, -0.15) is 0 Å². The second-order valence-electron chi connectivity index (χ2n) is 7.81. The molecule has 0 unspecified atom stereocenters. The molecule has 0 radical (unpaired) electrons. The molecule has 8 nitrogen and oxygen atoms in total. The highest BCUT2D eigenvalue weighted by molar-refractivity contribution is 7.98. The van der Waals surface area contributed by atoms with E-state index in [1.54, 1.807) is 18.5 Å². The molecular weight excluding hydrogens is 470 g/mol. The summed E-state index contributed by atoms with van der Waals surface area (Å²) in [5.41, 5.74) is 4.34. The van der Waals surface area contributed by atoms with E-state index in [1.165, 1.54) is 43.1 Å². The molecular formula is C24H27N5O3S2. The lowest BCUT2D eigenvalue weighted by Gasteiger charge is -2.17. The number of hydrogen-bond acceptors (Lipinski definition) is 7. The SMILES string of the molecule is CCc1cccc(CC)c1-n1c(SCc2ccc(S(=O)(=O)N(C)C)o2)nnc1-c1cccnc1. The Hall–Kier alpha value is -2.95. The Morgan fingerprint density at radius 1 is 1.00 bits per heavy atom. The molecule has 0 spiro atoms.